The number of thiazole rings is 1. The summed E-state index contributed by atoms with van der Waals surface area (Å²) in [7, 11) is 0. The molecule has 2 aromatic carbocycles. The quantitative estimate of drug-likeness (QED) is 0.423. The van der Waals surface area contributed by atoms with Crippen LogP contribution in [0.4, 0.5) is 4.39 Å². The van der Waals surface area contributed by atoms with E-state index < -0.39 is 0 Å². The fourth-order valence-electron chi connectivity index (χ4n) is 3.38. The summed E-state index contributed by atoms with van der Waals surface area (Å²) in [5, 5.41) is 10.4. The Balaban J connectivity index is 1.38. The van der Waals surface area contributed by atoms with Crippen molar-refractivity contribution in [3.63, 3.8) is 0 Å². The lowest BCUT2D eigenvalue weighted by Crippen LogP contribution is -2.26. The van der Waals surface area contributed by atoms with Gasteiger partial charge in [0, 0.05) is 22.2 Å². The fourth-order valence-corrected chi connectivity index (χ4v) is 3.98. The molecule has 0 fully saturated rings. The van der Waals surface area contributed by atoms with Gasteiger partial charge in [0.25, 0.3) is 5.91 Å². The van der Waals surface area contributed by atoms with Crippen LogP contribution in [0.15, 0.2) is 60.1 Å². The Morgan fingerprint density at radius 3 is 2.53 bits per heavy atom. The predicted molar refractivity (Wildman–Crippen MR) is 122 cm³/mol. The monoisotopic (exact) mass is 450 g/mol. The number of amides is 1. The maximum atomic E-state index is 13.2. The first-order valence-electron chi connectivity index (χ1n) is 10.2. The summed E-state index contributed by atoms with van der Waals surface area (Å²) in [6.07, 6.45) is 1.72. The van der Waals surface area contributed by atoms with Gasteiger partial charge in [0.15, 0.2) is 0 Å². The third-order valence-electron chi connectivity index (χ3n) is 5.10. The normalized spacial score (nSPS) is 11.9. The summed E-state index contributed by atoms with van der Waals surface area (Å²) in [5.41, 5.74) is 3.96. The lowest BCUT2D eigenvalue weighted by Gasteiger charge is -2.14. The summed E-state index contributed by atoms with van der Waals surface area (Å²) in [5.74, 6) is 0.193. The molecule has 164 valence electrons. The molecule has 1 N–H and O–H groups in total. The molecule has 0 saturated carbocycles. The van der Waals surface area contributed by atoms with E-state index in [2.05, 4.69) is 15.4 Å². The molecule has 0 bridgehead atoms. The van der Waals surface area contributed by atoms with Gasteiger partial charge in [-0.1, -0.05) is 0 Å². The molecule has 6 nitrogen and oxygen atoms in total. The Bertz CT molecular complexity index is 1220. The average Bonchev–Trinajstić information content (AvgIpc) is 3.38. The van der Waals surface area contributed by atoms with Gasteiger partial charge in [-0.2, -0.15) is 5.10 Å². The molecule has 0 saturated heterocycles. The van der Waals surface area contributed by atoms with Crippen LogP contribution in [0.5, 0.6) is 5.75 Å². The van der Waals surface area contributed by atoms with E-state index in [0.29, 0.717) is 17.9 Å². The second-order valence-electron chi connectivity index (χ2n) is 7.44. The number of aromatic nitrogens is 3. The summed E-state index contributed by atoms with van der Waals surface area (Å²) in [4.78, 5) is 17.1. The molecule has 1 unspecified atom stereocenters. The number of nitrogens with zero attached hydrogens (tertiary/aromatic N) is 3. The SMILES string of the molecule is Cc1nc(COc2ccc(C(=O)NC(C)c3cnn(-c4ccc(F)cc4)c3C)cc2)cs1. The zero-order valence-corrected chi connectivity index (χ0v) is 18.8. The summed E-state index contributed by atoms with van der Waals surface area (Å²) in [6, 6.07) is 12.9. The Morgan fingerprint density at radius 1 is 1.16 bits per heavy atom. The number of carbonyl (C=O) groups is 1. The molecule has 4 rings (SSSR count). The van der Waals surface area contributed by atoms with Crippen molar-refractivity contribution in [3.05, 3.63) is 93.4 Å². The maximum absolute atomic E-state index is 13.2. The van der Waals surface area contributed by atoms with Crippen LogP contribution in [0.2, 0.25) is 0 Å². The van der Waals surface area contributed by atoms with Crippen LogP contribution >= 0.6 is 11.3 Å². The van der Waals surface area contributed by atoms with Crippen molar-refractivity contribution in [3.8, 4) is 11.4 Å². The van der Waals surface area contributed by atoms with Crippen LogP contribution in [0.3, 0.4) is 0 Å². The third-order valence-corrected chi connectivity index (χ3v) is 5.93. The van der Waals surface area contributed by atoms with Crippen molar-refractivity contribution >= 4 is 17.2 Å². The van der Waals surface area contributed by atoms with Gasteiger partial charge in [0.05, 0.1) is 28.6 Å². The van der Waals surface area contributed by atoms with Crippen LogP contribution in [-0.4, -0.2) is 20.7 Å². The van der Waals surface area contributed by atoms with Crippen molar-refractivity contribution < 1.29 is 13.9 Å². The van der Waals surface area contributed by atoms with Gasteiger partial charge < -0.3 is 10.1 Å². The largest absolute Gasteiger partial charge is 0.487 e. The lowest BCUT2D eigenvalue weighted by molar-refractivity contribution is 0.0939. The molecule has 0 aliphatic heterocycles. The highest BCUT2D eigenvalue weighted by molar-refractivity contribution is 7.09. The number of hydrogen-bond donors (Lipinski definition) is 1. The predicted octanol–water partition coefficient (Wildman–Crippen LogP) is 5.15. The number of hydrogen-bond acceptors (Lipinski definition) is 5. The third kappa shape index (κ3) is 4.86. The molecular formula is C24H23FN4O2S. The van der Waals surface area contributed by atoms with Crippen LogP contribution in [-0.2, 0) is 6.61 Å². The van der Waals surface area contributed by atoms with Gasteiger partial charge in [-0.05, 0) is 69.3 Å². The first-order chi connectivity index (χ1) is 15.4. The van der Waals surface area contributed by atoms with E-state index >= 15 is 0 Å². The van der Waals surface area contributed by atoms with Gasteiger partial charge in [0.2, 0.25) is 0 Å². The van der Waals surface area contributed by atoms with E-state index in [4.69, 9.17) is 4.74 Å². The van der Waals surface area contributed by atoms with Gasteiger partial charge in [-0.15, -0.1) is 11.3 Å². The molecule has 2 aromatic heterocycles. The van der Waals surface area contributed by atoms with Gasteiger partial charge in [-0.3, -0.25) is 4.79 Å². The van der Waals surface area contributed by atoms with Crippen molar-refractivity contribution in [1.82, 2.24) is 20.1 Å². The first kappa shape index (κ1) is 21.7. The first-order valence-corrected chi connectivity index (χ1v) is 11.0. The number of ether oxygens (including phenoxy) is 1. The molecule has 0 aliphatic carbocycles. The molecule has 0 aliphatic rings. The Hall–Kier alpha value is -3.52. The summed E-state index contributed by atoms with van der Waals surface area (Å²) < 4.78 is 20.7. The van der Waals surface area contributed by atoms with E-state index in [9.17, 15) is 9.18 Å². The number of nitrogens with one attached hydrogen (secondary N) is 1. The molecule has 1 amide bonds. The van der Waals surface area contributed by atoms with E-state index in [1.54, 1.807) is 58.6 Å². The zero-order chi connectivity index (χ0) is 22.7. The van der Waals surface area contributed by atoms with Crippen LogP contribution in [0, 0.1) is 19.7 Å². The molecule has 1 atom stereocenters. The van der Waals surface area contributed by atoms with Crippen LogP contribution in [0.1, 0.15) is 45.3 Å². The van der Waals surface area contributed by atoms with Gasteiger partial charge in [-0.25, -0.2) is 14.1 Å². The van der Waals surface area contributed by atoms with Gasteiger partial charge in [0.1, 0.15) is 18.2 Å². The van der Waals surface area contributed by atoms with E-state index in [1.165, 1.54) is 12.1 Å². The van der Waals surface area contributed by atoms with E-state index in [1.807, 2.05) is 26.2 Å². The van der Waals surface area contributed by atoms with Crippen LogP contribution < -0.4 is 10.1 Å². The highest BCUT2D eigenvalue weighted by Crippen LogP contribution is 2.21. The fraction of sp³-hybridized carbons (Fsp3) is 0.208. The van der Waals surface area contributed by atoms with Gasteiger partial charge >= 0.3 is 0 Å². The maximum Gasteiger partial charge on any atom is 0.251 e. The minimum absolute atomic E-state index is 0.187. The van der Waals surface area contributed by atoms with Crippen molar-refractivity contribution in [1.29, 1.82) is 0 Å². The molecule has 8 heteroatoms. The number of carbonyl (C=O) groups excluding carboxylic acids is 1. The molecule has 32 heavy (non-hydrogen) atoms. The molecule has 0 spiro atoms. The number of benzene rings is 2. The van der Waals surface area contributed by atoms with Crippen molar-refractivity contribution in [2.45, 2.75) is 33.4 Å². The minimum Gasteiger partial charge on any atom is -0.487 e. The number of halogens is 1. The number of aryl methyl sites for hydroxylation is 1. The average molecular weight is 451 g/mol. The summed E-state index contributed by atoms with van der Waals surface area (Å²) in [6.45, 7) is 6.18. The van der Waals surface area contributed by atoms with Crippen LogP contribution in [0.25, 0.3) is 5.69 Å². The Kier molecular flexibility index (Phi) is 6.32. The highest BCUT2D eigenvalue weighted by atomic mass is 32.1. The zero-order valence-electron chi connectivity index (χ0n) is 18.0. The number of rotatable bonds is 7. The Labute approximate surface area is 189 Å². The van der Waals surface area contributed by atoms with E-state index in [-0.39, 0.29) is 17.8 Å². The molecule has 0 radical (unpaired) electrons. The van der Waals surface area contributed by atoms with Crippen molar-refractivity contribution in [2.24, 2.45) is 0 Å². The topological polar surface area (TPSA) is 69.0 Å². The van der Waals surface area contributed by atoms with Crippen molar-refractivity contribution in [2.75, 3.05) is 0 Å². The second kappa shape index (κ2) is 9.32. The lowest BCUT2D eigenvalue weighted by atomic mass is 10.1. The smallest absolute Gasteiger partial charge is 0.251 e. The molecule has 2 heterocycles. The molecule has 4 aromatic rings. The second-order valence-corrected chi connectivity index (χ2v) is 8.50. The van der Waals surface area contributed by atoms with E-state index in [0.717, 1.165) is 27.6 Å². The summed E-state index contributed by atoms with van der Waals surface area (Å²) >= 11 is 1.59. The highest BCUT2D eigenvalue weighted by Gasteiger charge is 2.17. The minimum atomic E-state index is -0.297. The molecular weight excluding hydrogens is 427 g/mol. The standard InChI is InChI=1S/C24H23FN4O2S/c1-15(23-12-26-29(16(23)2)21-8-6-19(25)7-9-21)27-24(30)18-4-10-22(11-5-18)31-13-20-14-32-17(3)28-20/h4-12,14-15H,13H2,1-3H3,(H,27,30). The Morgan fingerprint density at radius 2 is 1.88 bits per heavy atom.